The normalized spacial score (nSPS) is 13.8. The molecule has 0 nitrogen and oxygen atoms in total. The van der Waals surface area contributed by atoms with Crippen LogP contribution in [0.1, 0.15) is 73.9 Å². The molecule has 0 radical (unpaired) electrons. The van der Waals surface area contributed by atoms with Gasteiger partial charge in [-0.25, -0.2) is 0 Å². The number of rotatable bonds is 4. The smallest absolute Gasteiger partial charge is 0.0622 e. The molecule has 188 valence electrons. The molecule has 0 saturated carbocycles. The molecule has 5 aromatic rings. The molecule has 0 heterocycles. The van der Waals surface area contributed by atoms with Crippen molar-refractivity contribution < 1.29 is 0 Å². The lowest BCUT2D eigenvalue weighted by atomic mass is 9.67. The first kappa shape index (κ1) is 24.4. The van der Waals surface area contributed by atoms with E-state index in [0.717, 1.165) is 0 Å². The van der Waals surface area contributed by atoms with Gasteiger partial charge in [0, 0.05) is 0 Å². The van der Waals surface area contributed by atoms with Gasteiger partial charge in [-0.2, -0.15) is 0 Å². The quantitative estimate of drug-likeness (QED) is 0.230. The van der Waals surface area contributed by atoms with Crippen LogP contribution >= 0.6 is 0 Å². The Kier molecular flexibility index (Phi) is 5.88. The van der Waals surface area contributed by atoms with Crippen molar-refractivity contribution in [3.63, 3.8) is 0 Å². The van der Waals surface area contributed by atoms with Crippen LogP contribution in [0, 0.1) is 0 Å². The minimum absolute atomic E-state index is 0.141. The highest BCUT2D eigenvalue weighted by Crippen LogP contribution is 2.57. The molecule has 0 N–H and O–H groups in total. The third kappa shape index (κ3) is 3.82. The summed E-state index contributed by atoms with van der Waals surface area (Å²) in [6.45, 7) is 11.4. The maximum absolute atomic E-state index is 2.47. The Morgan fingerprint density at radius 2 is 1.03 bits per heavy atom. The molecule has 0 aromatic heterocycles. The van der Waals surface area contributed by atoms with Gasteiger partial charge in [-0.1, -0.05) is 150 Å². The largest absolute Gasteiger partial charge is 0.0713 e. The Balaban J connectivity index is 1.66. The maximum atomic E-state index is 2.47. The standard InChI is InChI=1S/C38H36/c1-26(2)28-18-22-33-34-23-19-29(27-16-20-30(21-17-27)37(3,4)5)25-36(34)38(35(33)24-28,31-12-8-6-9-13-31)32-14-10-7-11-15-32/h6-26H,1-5H3. The van der Waals surface area contributed by atoms with Gasteiger partial charge >= 0.3 is 0 Å². The molecule has 0 atom stereocenters. The van der Waals surface area contributed by atoms with E-state index in [2.05, 4.69) is 156 Å². The summed E-state index contributed by atoms with van der Waals surface area (Å²) in [4.78, 5) is 0. The zero-order chi connectivity index (χ0) is 26.5. The van der Waals surface area contributed by atoms with Crippen LogP contribution in [0.15, 0.2) is 121 Å². The SMILES string of the molecule is CC(C)c1ccc2c(c1)C(c1ccccc1)(c1ccccc1)c1cc(-c3ccc(C(C)(C)C)cc3)ccc1-2. The van der Waals surface area contributed by atoms with Crippen LogP contribution in [0.5, 0.6) is 0 Å². The van der Waals surface area contributed by atoms with Crippen molar-refractivity contribution in [2.45, 2.75) is 51.4 Å². The van der Waals surface area contributed by atoms with Crippen LogP contribution in [0.25, 0.3) is 22.3 Å². The molecule has 0 saturated heterocycles. The summed E-state index contributed by atoms with van der Waals surface area (Å²) in [5, 5.41) is 0. The average Bonchev–Trinajstić information content (AvgIpc) is 3.23. The second-order valence-corrected chi connectivity index (χ2v) is 12.0. The second-order valence-electron chi connectivity index (χ2n) is 12.0. The fraction of sp³-hybridized carbons (Fsp3) is 0.211. The predicted molar refractivity (Wildman–Crippen MR) is 162 cm³/mol. The van der Waals surface area contributed by atoms with Crippen molar-refractivity contribution in [3.8, 4) is 22.3 Å². The molecule has 0 amide bonds. The van der Waals surface area contributed by atoms with Crippen molar-refractivity contribution in [1.82, 2.24) is 0 Å². The molecule has 0 spiro atoms. The molecule has 6 rings (SSSR count). The number of benzene rings is 5. The van der Waals surface area contributed by atoms with Crippen LogP contribution < -0.4 is 0 Å². The average molecular weight is 493 g/mol. The number of hydrogen-bond donors (Lipinski definition) is 0. The third-order valence-corrected chi connectivity index (χ3v) is 8.33. The Hall–Kier alpha value is -3.90. The Morgan fingerprint density at radius 1 is 0.526 bits per heavy atom. The van der Waals surface area contributed by atoms with Gasteiger partial charge in [0.25, 0.3) is 0 Å². The highest BCUT2D eigenvalue weighted by atomic mass is 14.5. The first-order valence-electron chi connectivity index (χ1n) is 13.8. The van der Waals surface area contributed by atoms with Gasteiger partial charge in [0.05, 0.1) is 5.41 Å². The summed E-state index contributed by atoms with van der Waals surface area (Å²) >= 11 is 0. The lowest BCUT2D eigenvalue weighted by Crippen LogP contribution is -2.28. The van der Waals surface area contributed by atoms with E-state index in [4.69, 9.17) is 0 Å². The van der Waals surface area contributed by atoms with Gasteiger partial charge in [0.1, 0.15) is 0 Å². The minimum atomic E-state index is -0.376. The van der Waals surface area contributed by atoms with E-state index in [9.17, 15) is 0 Å². The van der Waals surface area contributed by atoms with Gasteiger partial charge in [-0.05, 0) is 73.0 Å². The topological polar surface area (TPSA) is 0 Å². The molecule has 38 heavy (non-hydrogen) atoms. The fourth-order valence-corrected chi connectivity index (χ4v) is 6.21. The third-order valence-electron chi connectivity index (χ3n) is 8.33. The van der Waals surface area contributed by atoms with Gasteiger partial charge in [-0.3, -0.25) is 0 Å². The van der Waals surface area contributed by atoms with Crippen LogP contribution in [-0.4, -0.2) is 0 Å². The van der Waals surface area contributed by atoms with E-state index in [-0.39, 0.29) is 10.8 Å². The van der Waals surface area contributed by atoms with Crippen molar-refractivity contribution in [2.24, 2.45) is 0 Å². The van der Waals surface area contributed by atoms with Gasteiger partial charge in [0.15, 0.2) is 0 Å². The van der Waals surface area contributed by atoms with Crippen LogP contribution in [0.3, 0.4) is 0 Å². The molecular weight excluding hydrogens is 456 g/mol. The van der Waals surface area contributed by atoms with E-state index >= 15 is 0 Å². The van der Waals surface area contributed by atoms with E-state index in [0.29, 0.717) is 5.92 Å². The highest BCUT2D eigenvalue weighted by Gasteiger charge is 2.46. The highest BCUT2D eigenvalue weighted by molar-refractivity contribution is 5.88. The van der Waals surface area contributed by atoms with Gasteiger partial charge < -0.3 is 0 Å². The van der Waals surface area contributed by atoms with E-state index in [1.807, 2.05) is 0 Å². The van der Waals surface area contributed by atoms with E-state index in [1.54, 1.807) is 0 Å². The minimum Gasteiger partial charge on any atom is -0.0622 e. The lowest BCUT2D eigenvalue weighted by molar-refractivity contribution is 0.590. The number of fused-ring (bicyclic) bond motifs is 3. The molecule has 1 aliphatic carbocycles. The molecule has 0 heteroatoms. The maximum Gasteiger partial charge on any atom is 0.0713 e. The molecule has 0 unspecified atom stereocenters. The number of hydrogen-bond acceptors (Lipinski definition) is 0. The fourth-order valence-electron chi connectivity index (χ4n) is 6.21. The van der Waals surface area contributed by atoms with Crippen molar-refractivity contribution >= 4 is 0 Å². The molecule has 0 bridgehead atoms. The van der Waals surface area contributed by atoms with Crippen LogP contribution in [-0.2, 0) is 10.8 Å². The molecular formula is C38H36. The Bertz CT molecular complexity index is 1540. The summed E-state index contributed by atoms with van der Waals surface area (Å²) in [5.74, 6) is 0.463. The Labute approximate surface area is 228 Å². The summed E-state index contributed by atoms with van der Waals surface area (Å²) in [6, 6.07) is 45.6. The monoisotopic (exact) mass is 492 g/mol. The van der Waals surface area contributed by atoms with Crippen LogP contribution in [0.4, 0.5) is 0 Å². The second kappa shape index (κ2) is 9.14. The van der Waals surface area contributed by atoms with Gasteiger partial charge in [-0.15, -0.1) is 0 Å². The molecule has 1 aliphatic rings. The summed E-state index contributed by atoms with van der Waals surface area (Å²) < 4.78 is 0. The van der Waals surface area contributed by atoms with Crippen molar-refractivity contribution in [2.75, 3.05) is 0 Å². The first-order valence-corrected chi connectivity index (χ1v) is 13.8. The zero-order valence-electron chi connectivity index (χ0n) is 23.1. The molecule has 0 aliphatic heterocycles. The van der Waals surface area contributed by atoms with Crippen molar-refractivity contribution in [3.05, 3.63) is 155 Å². The van der Waals surface area contributed by atoms with E-state index < -0.39 is 0 Å². The molecule has 0 fully saturated rings. The lowest BCUT2D eigenvalue weighted by Gasteiger charge is -2.34. The summed E-state index contributed by atoms with van der Waals surface area (Å²) in [6.07, 6.45) is 0. The van der Waals surface area contributed by atoms with Gasteiger partial charge in [0.2, 0.25) is 0 Å². The summed E-state index contributed by atoms with van der Waals surface area (Å²) in [5.41, 5.74) is 13.1. The molecule has 5 aromatic carbocycles. The zero-order valence-corrected chi connectivity index (χ0v) is 23.1. The summed E-state index contributed by atoms with van der Waals surface area (Å²) in [7, 11) is 0. The van der Waals surface area contributed by atoms with Crippen LogP contribution in [0.2, 0.25) is 0 Å². The Morgan fingerprint density at radius 3 is 1.55 bits per heavy atom. The van der Waals surface area contributed by atoms with E-state index in [1.165, 1.54) is 55.6 Å². The van der Waals surface area contributed by atoms with Crippen molar-refractivity contribution in [1.29, 1.82) is 0 Å². The predicted octanol–water partition coefficient (Wildman–Crippen LogP) is 10.1. The first-order chi connectivity index (χ1) is 18.3.